The van der Waals surface area contributed by atoms with Gasteiger partial charge in [0, 0.05) is 0 Å². The molecule has 0 saturated heterocycles. The van der Waals surface area contributed by atoms with Crippen molar-refractivity contribution in [3.8, 4) is 22.3 Å². The van der Waals surface area contributed by atoms with Gasteiger partial charge >= 0.3 is 303 Å². The Kier molecular flexibility index (Phi) is 9.77. The molecule has 2 atom stereocenters. The van der Waals surface area contributed by atoms with E-state index in [4.69, 9.17) is 0 Å². The monoisotopic (exact) mass is 817 g/mol. The molecule has 0 heterocycles. The molecule has 4 aromatic rings. The van der Waals surface area contributed by atoms with Crippen molar-refractivity contribution in [2.24, 2.45) is 11.8 Å². The number of allylic oxidation sites excluding steroid dienone is 2. The molecule has 48 heavy (non-hydrogen) atoms. The zero-order valence-corrected chi connectivity index (χ0v) is 36.4. The molecule has 0 saturated carbocycles. The summed E-state index contributed by atoms with van der Waals surface area (Å²) >= 11 is -2.47. The molecule has 2 heteroatoms. The first-order valence-corrected chi connectivity index (χ1v) is 31.6. The number of rotatable bonds is 7. The van der Waals surface area contributed by atoms with E-state index in [9.17, 15) is 0 Å². The molecule has 0 aromatic heterocycles. The number of benzene rings is 4. The molecule has 0 aliphatic heterocycles. The molecule has 0 fully saturated rings. The van der Waals surface area contributed by atoms with Crippen LogP contribution in [0.1, 0.15) is 110 Å². The van der Waals surface area contributed by atoms with Crippen LogP contribution in [-0.4, -0.2) is 5.98 Å². The van der Waals surface area contributed by atoms with Crippen molar-refractivity contribution in [2.45, 2.75) is 101 Å². The van der Waals surface area contributed by atoms with Crippen LogP contribution in [0.25, 0.3) is 34.4 Å². The van der Waals surface area contributed by atoms with Gasteiger partial charge in [-0.3, -0.25) is 0 Å². The minimum absolute atomic E-state index is 0.158. The van der Waals surface area contributed by atoms with Crippen molar-refractivity contribution < 1.29 is 20.6 Å². The van der Waals surface area contributed by atoms with Crippen LogP contribution >= 0.6 is 0 Å². The van der Waals surface area contributed by atoms with Crippen molar-refractivity contribution in [2.75, 3.05) is 0 Å². The van der Waals surface area contributed by atoms with E-state index in [1.165, 1.54) is 44.5 Å². The van der Waals surface area contributed by atoms with E-state index in [0.29, 0.717) is 19.2 Å². The van der Waals surface area contributed by atoms with Gasteiger partial charge in [0.25, 0.3) is 0 Å². The number of hydrogen-bond acceptors (Lipinski definition) is 0. The molecule has 0 nitrogen and oxygen atoms in total. The minimum atomic E-state index is -2.47. The molecular formula is C46H57HfSi. The van der Waals surface area contributed by atoms with Crippen molar-refractivity contribution in [1.82, 2.24) is 0 Å². The average Bonchev–Trinajstić information content (AvgIpc) is 3.60. The van der Waals surface area contributed by atoms with E-state index in [2.05, 4.69) is 179 Å². The van der Waals surface area contributed by atoms with Crippen molar-refractivity contribution in [3.63, 3.8) is 0 Å². The van der Waals surface area contributed by atoms with Gasteiger partial charge in [0.15, 0.2) is 0 Å². The normalized spacial score (nSPS) is 17.6. The van der Waals surface area contributed by atoms with Gasteiger partial charge in [-0.25, -0.2) is 0 Å². The number of fused-ring (bicyclic) bond motifs is 2. The fourth-order valence-corrected chi connectivity index (χ4v) is 41.4. The Morgan fingerprint density at radius 3 is 1.17 bits per heavy atom. The van der Waals surface area contributed by atoms with Gasteiger partial charge in [0.2, 0.25) is 0 Å². The fourth-order valence-electron chi connectivity index (χ4n) is 8.23. The predicted octanol–water partition coefficient (Wildman–Crippen LogP) is 13.1. The third kappa shape index (κ3) is 6.54. The maximum absolute atomic E-state index is 2.71. The zero-order valence-electron chi connectivity index (χ0n) is 31.6. The Morgan fingerprint density at radius 1 is 0.521 bits per heavy atom. The standard InChI is InChI=1S/2C22H25.C2H7Si.Hf/c2*1-15(2)18-13-17-7-6-8-20(21(17)14-18)16-9-11-19(12-10-16)22(3,4)5;1-3-2;/h2*6-15H,1-5H3;3H,1-2H3;. The summed E-state index contributed by atoms with van der Waals surface area (Å²) < 4.78 is 1.30. The summed E-state index contributed by atoms with van der Waals surface area (Å²) in [6.07, 6.45) is 5.31. The van der Waals surface area contributed by atoms with Crippen molar-refractivity contribution >= 4 is 18.1 Å². The van der Waals surface area contributed by atoms with Gasteiger partial charge < -0.3 is 0 Å². The van der Waals surface area contributed by atoms with E-state index >= 15 is 0 Å². The fraction of sp³-hybridized carbons (Fsp3) is 0.391. The van der Waals surface area contributed by atoms with E-state index in [1.807, 2.05) is 0 Å². The van der Waals surface area contributed by atoms with Crippen LogP contribution in [-0.2, 0) is 31.4 Å². The molecule has 2 aliphatic rings. The van der Waals surface area contributed by atoms with E-state index in [1.54, 1.807) is 22.3 Å². The summed E-state index contributed by atoms with van der Waals surface area (Å²) in [5.74, 6) is 0.126. The quantitative estimate of drug-likeness (QED) is 0.163. The molecule has 0 amide bonds. The third-order valence-corrected chi connectivity index (χ3v) is 41.6. The van der Waals surface area contributed by atoms with E-state index in [0.717, 1.165) is 0 Å². The molecule has 249 valence electrons. The molecule has 0 spiro atoms. The van der Waals surface area contributed by atoms with Crippen molar-refractivity contribution in [3.05, 3.63) is 129 Å². The Bertz CT molecular complexity index is 1720. The van der Waals surface area contributed by atoms with Gasteiger partial charge in [-0.05, 0) is 0 Å². The molecule has 0 N–H and O–H groups in total. The Balaban J connectivity index is 1.48. The van der Waals surface area contributed by atoms with Gasteiger partial charge in [-0.2, -0.15) is 0 Å². The summed E-state index contributed by atoms with van der Waals surface area (Å²) in [7, 11) is 0. The van der Waals surface area contributed by atoms with E-state index < -0.39 is 26.6 Å². The molecule has 6 rings (SSSR count). The van der Waals surface area contributed by atoms with Gasteiger partial charge in [-0.1, -0.05) is 0 Å². The summed E-state index contributed by atoms with van der Waals surface area (Å²) in [4.78, 5) is 0. The summed E-state index contributed by atoms with van der Waals surface area (Å²) in [6, 6.07) is 33.4. The predicted molar refractivity (Wildman–Crippen MR) is 211 cm³/mol. The van der Waals surface area contributed by atoms with Crippen LogP contribution in [0, 0.1) is 11.8 Å². The van der Waals surface area contributed by atoms with Crippen LogP contribution in [0.2, 0.25) is 13.1 Å². The van der Waals surface area contributed by atoms with Crippen molar-refractivity contribution in [1.29, 1.82) is 0 Å². The van der Waals surface area contributed by atoms with E-state index in [-0.39, 0.29) is 10.8 Å². The first kappa shape index (κ1) is 35.3. The maximum atomic E-state index is 2.71. The van der Waals surface area contributed by atoms with Gasteiger partial charge in [0.05, 0.1) is 0 Å². The molecule has 2 unspecified atom stereocenters. The Labute approximate surface area is 300 Å². The van der Waals surface area contributed by atoms with Crippen LogP contribution in [0.4, 0.5) is 0 Å². The summed E-state index contributed by atoms with van der Waals surface area (Å²) in [5.41, 5.74) is 18.4. The van der Waals surface area contributed by atoms with Crippen LogP contribution in [0.5, 0.6) is 0 Å². The molecule has 2 aliphatic carbocycles. The third-order valence-electron chi connectivity index (χ3n) is 11.0. The molecular weight excluding hydrogens is 759 g/mol. The molecule has 0 radical (unpaired) electrons. The van der Waals surface area contributed by atoms with Crippen LogP contribution < -0.4 is 0 Å². The van der Waals surface area contributed by atoms with Crippen LogP contribution in [0.3, 0.4) is 0 Å². The SMILES string of the molecule is CC(C)C1=Cc2c(-c3ccc(C(C)(C)C)cc3)cccc2[CH]1[Hf]([CH]1C(C(C)C)=Cc2c(-c3ccc(C(C)(C)C)cc3)cccc21)[SiH](C)C. The first-order chi connectivity index (χ1) is 22.6. The number of hydrogen-bond donors (Lipinski definition) is 0. The average molecular weight is 817 g/mol. The Morgan fingerprint density at radius 2 is 0.875 bits per heavy atom. The first-order valence-electron chi connectivity index (χ1n) is 18.3. The zero-order chi connectivity index (χ0) is 34.7. The Hall–Kier alpha value is -2.55. The second kappa shape index (κ2) is 13.3. The molecule has 0 bridgehead atoms. The van der Waals surface area contributed by atoms with Crippen LogP contribution in [0.15, 0.2) is 96.1 Å². The summed E-state index contributed by atoms with van der Waals surface area (Å²) in [6.45, 7) is 29.1. The second-order valence-corrected chi connectivity index (χ2v) is 45.3. The summed E-state index contributed by atoms with van der Waals surface area (Å²) in [5, 5.41) is 0. The molecule has 4 aromatic carbocycles. The topological polar surface area (TPSA) is 0 Å². The van der Waals surface area contributed by atoms with Gasteiger partial charge in [-0.15, -0.1) is 0 Å². The van der Waals surface area contributed by atoms with Gasteiger partial charge in [0.1, 0.15) is 0 Å². The second-order valence-electron chi connectivity index (χ2n) is 17.4.